The Morgan fingerprint density at radius 1 is 1.46 bits per heavy atom. The summed E-state index contributed by atoms with van der Waals surface area (Å²) in [5, 5.41) is 0. The standard InChI is InChI=1S/C12H23N/c1-3-5-6-10(4-2)7-11-8-12(13)9-11/h7,10,12H,3-6,8-9,13H2,1-2H3. The second-order valence-electron chi connectivity index (χ2n) is 4.30. The molecule has 76 valence electrons. The minimum absolute atomic E-state index is 0.468. The number of allylic oxidation sites excluding steroid dienone is 1. The minimum Gasteiger partial charge on any atom is -0.327 e. The first-order valence-corrected chi connectivity index (χ1v) is 5.71. The molecule has 1 heteroatoms. The maximum atomic E-state index is 5.75. The maximum absolute atomic E-state index is 5.75. The van der Waals surface area contributed by atoms with Gasteiger partial charge in [0.1, 0.15) is 0 Å². The van der Waals surface area contributed by atoms with E-state index in [2.05, 4.69) is 19.9 Å². The van der Waals surface area contributed by atoms with Crippen LogP contribution in [0.3, 0.4) is 0 Å². The maximum Gasteiger partial charge on any atom is 0.0113 e. The molecule has 1 atom stereocenters. The first kappa shape index (κ1) is 10.8. The topological polar surface area (TPSA) is 26.0 Å². The van der Waals surface area contributed by atoms with Gasteiger partial charge in [-0.15, -0.1) is 0 Å². The van der Waals surface area contributed by atoms with Crippen LogP contribution in [0.15, 0.2) is 11.6 Å². The molecule has 0 spiro atoms. The SMILES string of the molecule is CCCCC(C=C1CC(N)C1)CC. The van der Waals surface area contributed by atoms with Crippen LogP contribution in [0.2, 0.25) is 0 Å². The fraction of sp³-hybridized carbons (Fsp3) is 0.833. The minimum atomic E-state index is 0.468. The third-order valence-electron chi connectivity index (χ3n) is 2.97. The van der Waals surface area contributed by atoms with E-state index in [0.717, 1.165) is 18.8 Å². The summed E-state index contributed by atoms with van der Waals surface area (Å²) in [6.45, 7) is 4.55. The van der Waals surface area contributed by atoms with Crippen molar-refractivity contribution < 1.29 is 0 Å². The van der Waals surface area contributed by atoms with Crippen LogP contribution in [0, 0.1) is 5.92 Å². The first-order chi connectivity index (χ1) is 6.26. The summed E-state index contributed by atoms with van der Waals surface area (Å²) in [6, 6.07) is 0.468. The Bertz CT molecular complexity index is 164. The fourth-order valence-corrected chi connectivity index (χ4v) is 1.95. The molecule has 1 aliphatic rings. The molecule has 1 fully saturated rings. The average molecular weight is 181 g/mol. The Morgan fingerprint density at radius 3 is 2.62 bits per heavy atom. The molecular weight excluding hydrogens is 158 g/mol. The molecule has 0 bridgehead atoms. The summed E-state index contributed by atoms with van der Waals surface area (Å²) in [5.41, 5.74) is 7.35. The second-order valence-corrected chi connectivity index (χ2v) is 4.30. The largest absolute Gasteiger partial charge is 0.327 e. The van der Waals surface area contributed by atoms with Crippen molar-refractivity contribution >= 4 is 0 Å². The smallest absolute Gasteiger partial charge is 0.0113 e. The molecule has 1 nitrogen and oxygen atoms in total. The fourth-order valence-electron chi connectivity index (χ4n) is 1.95. The van der Waals surface area contributed by atoms with E-state index in [-0.39, 0.29) is 0 Å². The zero-order valence-corrected chi connectivity index (χ0v) is 9.05. The third-order valence-corrected chi connectivity index (χ3v) is 2.97. The molecular formula is C12H23N. The molecule has 0 radical (unpaired) electrons. The first-order valence-electron chi connectivity index (χ1n) is 5.71. The van der Waals surface area contributed by atoms with Crippen LogP contribution in [-0.2, 0) is 0 Å². The van der Waals surface area contributed by atoms with Crippen molar-refractivity contribution in [3.63, 3.8) is 0 Å². The van der Waals surface area contributed by atoms with Crippen LogP contribution >= 0.6 is 0 Å². The van der Waals surface area contributed by atoms with Gasteiger partial charge in [0.15, 0.2) is 0 Å². The van der Waals surface area contributed by atoms with Crippen LogP contribution in [0.5, 0.6) is 0 Å². The Balaban J connectivity index is 2.26. The van der Waals surface area contributed by atoms with E-state index in [4.69, 9.17) is 5.73 Å². The van der Waals surface area contributed by atoms with Gasteiger partial charge in [-0.2, -0.15) is 0 Å². The third kappa shape index (κ3) is 3.51. The number of hydrogen-bond donors (Lipinski definition) is 1. The highest BCUT2D eigenvalue weighted by atomic mass is 14.7. The molecule has 0 aromatic carbocycles. The summed E-state index contributed by atoms with van der Waals surface area (Å²) in [5.74, 6) is 0.822. The lowest BCUT2D eigenvalue weighted by Gasteiger charge is -2.27. The van der Waals surface area contributed by atoms with E-state index < -0.39 is 0 Å². The van der Waals surface area contributed by atoms with Gasteiger partial charge in [0.05, 0.1) is 0 Å². The van der Waals surface area contributed by atoms with Crippen LogP contribution < -0.4 is 5.73 Å². The molecule has 0 aliphatic heterocycles. The summed E-state index contributed by atoms with van der Waals surface area (Å²) in [7, 11) is 0. The van der Waals surface area contributed by atoms with Gasteiger partial charge in [-0.05, 0) is 31.6 Å². The summed E-state index contributed by atoms with van der Waals surface area (Å²) in [6.07, 6.45) is 10.1. The zero-order valence-electron chi connectivity index (χ0n) is 9.05. The monoisotopic (exact) mass is 181 g/mol. The molecule has 1 aliphatic carbocycles. The van der Waals surface area contributed by atoms with E-state index in [1.165, 1.54) is 25.7 Å². The van der Waals surface area contributed by atoms with Crippen LogP contribution in [0.4, 0.5) is 0 Å². The molecule has 1 rings (SSSR count). The molecule has 0 amide bonds. The van der Waals surface area contributed by atoms with Gasteiger partial charge in [0.25, 0.3) is 0 Å². The van der Waals surface area contributed by atoms with Gasteiger partial charge in [-0.1, -0.05) is 38.3 Å². The van der Waals surface area contributed by atoms with E-state index in [0.29, 0.717) is 6.04 Å². The van der Waals surface area contributed by atoms with Gasteiger partial charge in [0, 0.05) is 6.04 Å². The Morgan fingerprint density at radius 2 is 2.15 bits per heavy atom. The lowest BCUT2D eigenvalue weighted by atomic mass is 9.83. The molecule has 13 heavy (non-hydrogen) atoms. The molecule has 0 aromatic rings. The van der Waals surface area contributed by atoms with E-state index >= 15 is 0 Å². The summed E-state index contributed by atoms with van der Waals surface area (Å²) < 4.78 is 0. The average Bonchev–Trinajstić information content (AvgIpc) is 2.08. The van der Waals surface area contributed by atoms with Crippen molar-refractivity contribution in [3.8, 4) is 0 Å². The van der Waals surface area contributed by atoms with Crippen molar-refractivity contribution in [2.45, 2.75) is 58.4 Å². The predicted octanol–water partition coefficient (Wildman–Crippen LogP) is 3.25. The van der Waals surface area contributed by atoms with E-state index in [9.17, 15) is 0 Å². The van der Waals surface area contributed by atoms with E-state index in [1.807, 2.05) is 0 Å². The quantitative estimate of drug-likeness (QED) is 0.647. The van der Waals surface area contributed by atoms with Crippen LogP contribution in [-0.4, -0.2) is 6.04 Å². The molecule has 0 heterocycles. The molecule has 1 saturated carbocycles. The van der Waals surface area contributed by atoms with Crippen molar-refractivity contribution in [3.05, 3.63) is 11.6 Å². The number of unbranched alkanes of at least 4 members (excludes halogenated alkanes) is 1. The molecule has 0 saturated heterocycles. The summed E-state index contributed by atoms with van der Waals surface area (Å²) >= 11 is 0. The van der Waals surface area contributed by atoms with Gasteiger partial charge >= 0.3 is 0 Å². The lowest BCUT2D eigenvalue weighted by Crippen LogP contribution is -2.30. The van der Waals surface area contributed by atoms with E-state index in [1.54, 1.807) is 5.57 Å². The molecule has 2 N–H and O–H groups in total. The van der Waals surface area contributed by atoms with Crippen molar-refractivity contribution in [2.75, 3.05) is 0 Å². The van der Waals surface area contributed by atoms with Crippen molar-refractivity contribution in [2.24, 2.45) is 11.7 Å². The lowest BCUT2D eigenvalue weighted by molar-refractivity contribution is 0.498. The van der Waals surface area contributed by atoms with Crippen molar-refractivity contribution in [1.82, 2.24) is 0 Å². The number of nitrogens with two attached hydrogens (primary N) is 1. The zero-order chi connectivity index (χ0) is 9.68. The normalized spacial score (nSPS) is 23.9. The van der Waals surface area contributed by atoms with Crippen LogP contribution in [0.25, 0.3) is 0 Å². The Kier molecular flexibility index (Phi) is 4.51. The van der Waals surface area contributed by atoms with Gasteiger partial charge in [0.2, 0.25) is 0 Å². The van der Waals surface area contributed by atoms with Gasteiger partial charge in [-0.3, -0.25) is 0 Å². The Hall–Kier alpha value is -0.300. The predicted molar refractivity (Wildman–Crippen MR) is 58.6 cm³/mol. The summed E-state index contributed by atoms with van der Waals surface area (Å²) in [4.78, 5) is 0. The van der Waals surface area contributed by atoms with Gasteiger partial charge in [-0.25, -0.2) is 0 Å². The number of hydrogen-bond acceptors (Lipinski definition) is 1. The van der Waals surface area contributed by atoms with Crippen LogP contribution in [0.1, 0.15) is 52.4 Å². The highest BCUT2D eigenvalue weighted by Gasteiger charge is 2.19. The highest BCUT2D eigenvalue weighted by Crippen LogP contribution is 2.28. The Labute approximate surface area is 82.4 Å². The molecule has 1 unspecified atom stereocenters. The number of rotatable bonds is 5. The highest BCUT2D eigenvalue weighted by molar-refractivity contribution is 5.16. The molecule has 0 aromatic heterocycles. The van der Waals surface area contributed by atoms with Crippen molar-refractivity contribution in [1.29, 1.82) is 0 Å². The van der Waals surface area contributed by atoms with Gasteiger partial charge < -0.3 is 5.73 Å². The second kappa shape index (κ2) is 5.43.